The summed E-state index contributed by atoms with van der Waals surface area (Å²) in [6, 6.07) is 2.77. The zero-order valence-corrected chi connectivity index (χ0v) is 10.0. The summed E-state index contributed by atoms with van der Waals surface area (Å²) in [5.41, 5.74) is 0.608. The molecule has 1 fully saturated rings. The first-order valence-electron chi connectivity index (χ1n) is 6.15. The van der Waals surface area contributed by atoms with Crippen molar-refractivity contribution in [1.29, 1.82) is 0 Å². The molecule has 2 aromatic rings. The fourth-order valence-electron chi connectivity index (χ4n) is 2.44. The van der Waals surface area contributed by atoms with Crippen molar-refractivity contribution >= 4 is 10.9 Å². The van der Waals surface area contributed by atoms with Crippen LogP contribution in [0.5, 0.6) is 0 Å². The molecule has 1 aliphatic carbocycles. The van der Waals surface area contributed by atoms with E-state index in [1.807, 2.05) is 4.57 Å². The Balaban J connectivity index is 2.49. The Morgan fingerprint density at radius 3 is 2.72 bits per heavy atom. The van der Waals surface area contributed by atoms with Crippen molar-refractivity contribution in [2.75, 3.05) is 0 Å². The van der Waals surface area contributed by atoms with Gasteiger partial charge in [-0.1, -0.05) is 6.92 Å². The van der Waals surface area contributed by atoms with Crippen LogP contribution in [0, 0.1) is 11.6 Å². The average Bonchev–Trinajstić information content (AvgIpc) is 3.17. The van der Waals surface area contributed by atoms with E-state index in [0.717, 1.165) is 18.9 Å². The fraction of sp³-hybridized carbons (Fsp3) is 0.357. The van der Waals surface area contributed by atoms with Gasteiger partial charge in [0.15, 0.2) is 17.1 Å². The van der Waals surface area contributed by atoms with Gasteiger partial charge in [0, 0.05) is 29.3 Å². The molecule has 0 spiro atoms. The van der Waals surface area contributed by atoms with E-state index in [1.165, 1.54) is 6.07 Å². The van der Waals surface area contributed by atoms with Crippen LogP contribution in [0.25, 0.3) is 10.9 Å². The third-order valence-electron chi connectivity index (χ3n) is 3.49. The number of hydrogen-bond donors (Lipinski definition) is 0. The number of hydrogen-bond acceptors (Lipinski definition) is 1. The smallest absolute Gasteiger partial charge is 0.189 e. The summed E-state index contributed by atoms with van der Waals surface area (Å²) < 4.78 is 29.3. The maximum Gasteiger partial charge on any atom is 0.189 e. The number of aryl methyl sites for hydroxylation is 1. The van der Waals surface area contributed by atoms with Crippen LogP contribution in [0.4, 0.5) is 8.78 Å². The van der Waals surface area contributed by atoms with Gasteiger partial charge in [-0.15, -0.1) is 0 Å². The van der Waals surface area contributed by atoms with Crippen LogP contribution >= 0.6 is 0 Å². The lowest BCUT2D eigenvalue weighted by atomic mass is 10.1. The van der Waals surface area contributed by atoms with Crippen molar-refractivity contribution < 1.29 is 8.78 Å². The van der Waals surface area contributed by atoms with Crippen LogP contribution in [-0.2, 0) is 6.42 Å². The van der Waals surface area contributed by atoms with Gasteiger partial charge in [0.2, 0.25) is 0 Å². The summed E-state index contributed by atoms with van der Waals surface area (Å²) in [6.45, 7) is 1.77. The van der Waals surface area contributed by atoms with E-state index < -0.39 is 11.6 Å². The Morgan fingerprint density at radius 2 is 2.11 bits per heavy atom. The van der Waals surface area contributed by atoms with Crippen molar-refractivity contribution in [2.45, 2.75) is 32.2 Å². The lowest BCUT2D eigenvalue weighted by Crippen LogP contribution is -2.11. The first kappa shape index (κ1) is 11.4. The zero-order chi connectivity index (χ0) is 12.9. The Kier molecular flexibility index (Phi) is 2.47. The molecule has 4 heteroatoms. The standard InChI is InChI=1S/C14H13F2NO/c1-2-9-13(16)11(15)7-10-12(18)5-6-17(14(9)10)8-3-4-8/h5-8H,2-4H2,1H3. The van der Waals surface area contributed by atoms with E-state index in [1.54, 1.807) is 13.1 Å². The van der Waals surface area contributed by atoms with E-state index in [4.69, 9.17) is 0 Å². The highest BCUT2D eigenvalue weighted by atomic mass is 19.2. The first-order chi connectivity index (χ1) is 8.63. The fourth-order valence-corrected chi connectivity index (χ4v) is 2.44. The van der Waals surface area contributed by atoms with Crippen LogP contribution < -0.4 is 5.43 Å². The number of fused-ring (bicyclic) bond motifs is 1. The minimum atomic E-state index is -0.940. The molecule has 1 aromatic heterocycles. The molecule has 1 aliphatic rings. The second-order valence-electron chi connectivity index (χ2n) is 4.72. The average molecular weight is 249 g/mol. The predicted molar refractivity (Wildman–Crippen MR) is 65.8 cm³/mol. The Bertz CT molecular complexity index is 686. The van der Waals surface area contributed by atoms with Crippen molar-refractivity contribution in [3.8, 4) is 0 Å². The molecule has 2 nitrogen and oxygen atoms in total. The molecule has 0 N–H and O–H groups in total. The van der Waals surface area contributed by atoms with Crippen molar-refractivity contribution in [3.05, 3.63) is 45.8 Å². The molecule has 0 atom stereocenters. The Labute approximate surface area is 103 Å². The molecule has 0 amide bonds. The molecular weight excluding hydrogens is 236 g/mol. The van der Waals surface area contributed by atoms with Gasteiger partial charge < -0.3 is 4.57 Å². The van der Waals surface area contributed by atoms with Gasteiger partial charge in [0.1, 0.15) is 0 Å². The molecule has 0 bridgehead atoms. The molecular formula is C14H13F2NO. The van der Waals surface area contributed by atoms with Gasteiger partial charge in [0.05, 0.1) is 5.52 Å². The van der Waals surface area contributed by atoms with Crippen LogP contribution in [0.2, 0.25) is 0 Å². The molecule has 18 heavy (non-hydrogen) atoms. The summed E-state index contributed by atoms with van der Waals surface area (Å²) in [7, 11) is 0. The summed E-state index contributed by atoms with van der Waals surface area (Å²) in [5.74, 6) is -1.77. The maximum atomic E-state index is 13.8. The number of aromatic nitrogens is 1. The Morgan fingerprint density at radius 1 is 1.39 bits per heavy atom. The summed E-state index contributed by atoms with van der Waals surface area (Å²) in [5, 5.41) is 0.278. The lowest BCUT2D eigenvalue weighted by molar-refractivity contribution is 0.501. The summed E-state index contributed by atoms with van der Waals surface area (Å²) in [4.78, 5) is 11.8. The quantitative estimate of drug-likeness (QED) is 0.801. The van der Waals surface area contributed by atoms with Crippen LogP contribution in [-0.4, -0.2) is 4.57 Å². The zero-order valence-electron chi connectivity index (χ0n) is 10.0. The first-order valence-corrected chi connectivity index (χ1v) is 6.15. The number of pyridine rings is 1. The SMILES string of the molecule is CCc1c(F)c(F)cc2c(=O)ccn(C3CC3)c12. The monoisotopic (exact) mass is 249 g/mol. The van der Waals surface area contributed by atoms with E-state index in [0.29, 0.717) is 23.5 Å². The highest BCUT2D eigenvalue weighted by Crippen LogP contribution is 2.38. The number of halogens is 2. The largest absolute Gasteiger partial charge is 0.344 e. The van der Waals surface area contributed by atoms with Gasteiger partial charge in [-0.3, -0.25) is 4.79 Å². The minimum absolute atomic E-state index is 0.254. The van der Waals surface area contributed by atoms with Gasteiger partial charge in [-0.05, 0) is 25.3 Å². The van der Waals surface area contributed by atoms with Crippen LogP contribution in [0.3, 0.4) is 0 Å². The number of rotatable bonds is 2. The molecule has 0 saturated heterocycles. The van der Waals surface area contributed by atoms with E-state index in [2.05, 4.69) is 0 Å². The van der Waals surface area contributed by atoms with Crippen molar-refractivity contribution in [3.63, 3.8) is 0 Å². The van der Waals surface area contributed by atoms with Crippen molar-refractivity contribution in [1.82, 2.24) is 4.57 Å². The maximum absolute atomic E-state index is 13.8. The van der Waals surface area contributed by atoms with Gasteiger partial charge in [-0.25, -0.2) is 8.78 Å². The van der Waals surface area contributed by atoms with E-state index >= 15 is 0 Å². The summed E-state index contributed by atoms with van der Waals surface area (Å²) >= 11 is 0. The molecule has 0 unspecified atom stereocenters. The second-order valence-corrected chi connectivity index (χ2v) is 4.72. The highest BCUT2D eigenvalue weighted by Gasteiger charge is 2.26. The second kappa shape index (κ2) is 3.90. The summed E-state index contributed by atoms with van der Waals surface area (Å²) in [6.07, 6.45) is 4.12. The Hall–Kier alpha value is -1.71. The molecule has 0 radical (unpaired) electrons. The van der Waals surface area contributed by atoms with E-state index in [-0.39, 0.29) is 10.8 Å². The predicted octanol–water partition coefficient (Wildman–Crippen LogP) is 3.18. The molecule has 3 rings (SSSR count). The van der Waals surface area contributed by atoms with Crippen LogP contribution in [0.15, 0.2) is 23.1 Å². The third kappa shape index (κ3) is 1.55. The topological polar surface area (TPSA) is 22.0 Å². The van der Waals surface area contributed by atoms with Gasteiger partial charge in [0.25, 0.3) is 0 Å². The van der Waals surface area contributed by atoms with Crippen LogP contribution in [0.1, 0.15) is 31.4 Å². The van der Waals surface area contributed by atoms with Gasteiger partial charge >= 0.3 is 0 Å². The molecule has 1 aromatic carbocycles. The lowest BCUT2D eigenvalue weighted by Gasteiger charge is -2.14. The highest BCUT2D eigenvalue weighted by molar-refractivity contribution is 5.83. The normalized spacial score (nSPS) is 15.3. The third-order valence-corrected chi connectivity index (χ3v) is 3.49. The number of nitrogens with zero attached hydrogens (tertiary/aromatic N) is 1. The number of benzene rings is 1. The molecule has 94 valence electrons. The van der Waals surface area contributed by atoms with E-state index in [9.17, 15) is 13.6 Å². The minimum Gasteiger partial charge on any atom is -0.344 e. The molecule has 1 heterocycles. The van der Waals surface area contributed by atoms with Crippen molar-refractivity contribution in [2.24, 2.45) is 0 Å². The van der Waals surface area contributed by atoms with Gasteiger partial charge in [-0.2, -0.15) is 0 Å². The molecule has 1 saturated carbocycles. The molecule has 0 aliphatic heterocycles.